The summed E-state index contributed by atoms with van der Waals surface area (Å²) in [5.41, 5.74) is 2.71. The quantitative estimate of drug-likeness (QED) is 0.675. The van der Waals surface area contributed by atoms with Gasteiger partial charge in [-0.2, -0.15) is 0 Å². The smallest absolute Gasteiger partial charge is 0.269 e. The molecule has 1 heterocycles. The van der Waals surface area contributed by atoms with Crippen molar-refractivity contribution in [3.63, 3.8) is 0 Å². The first-order valence-electron chi connectivity index (χ1n) is 9.49. The Morgan fingerprint density at radius 3 is 2.76 bits per heavy atom. The molecule has 0 aliphatic heterocycles. The summed E-state index contributed by atoms with van der Waals surface area (Å²) in [5, 5.41) is -0.247. The normalized spacial score (nSPS) is 23.5. The largest absolute Gasteiger partial charge is 0.340 e. The zero-order valence-corrected chi connectivity index (χ0v) is 17.4. The van der Waals surface area contributed by atoms with Crippen LogP contribution in [0.15, 0.2) is 24.7 Å². The number of benzene rings is 1. The van der Waals surface area contributed by atoms with Crippen LogP contribution in [-0.4, -0.2) is 29.6 Å². The van der Waals surface area contributed by atoms with E-state index in [-0.39, 0.29) is 22.3 Å². The van der Waals surface area contributed by atoms with E-state index in [9.17, 15) is 17.6 Å². The van der Waals surface area contributed by atoms with E-state index < -0.39 is 21.7 Å². The van der Waals surface area contributed by atoms with Crippen LogP contribution in [0.1, 0.15) is 36.0 Å². The summed E-state index contributed by atoms with van der Waals surface area (Å²) in [4.78, 5) is 18.7. The second-order valence-corrected chi connectivity index (χ2v) is 10.2. The summed E-state index contributed by atoms with van der Waals surface area (Å²) < 4.78 is 40.9. The molecule has 2 aliphatic rings. The summed E-state index contributed by atoms with van der Waals surface area (Å²) in [5.74, 6) is -0.693. The van der Waals surface area contributed by atoms with Crippen LogP contribution in [0.5, 0.6) is 0 Å². The Hall–Kier alpha value is -1.97. The SMILES string of the molecule is Cn1cnc(-c2cc(Cl)c(F)c(C(=O)NNS(=O)(=O)CC3CC4CCC3C4)c2)c1. The molecule has 2 fully saturated rings. The number of nitrogens with one attached hydrogen (secondary N) is 2. The minimum atomic E-state index is -3.73. The average Bonchev–Trinajstić information content (AvgIpc) is 3.38. The van der Waals surface area contributed by atoms with Gasteiger partial charge in [0.15, 0.2) is 5.82 Å². The maximum Gasteiger partial charge on any atom is 0.269 e. The van der Waals surface area contributed by atoms with Crippen LogP contribution >= 0.6 is 11.6 Å². The zero-order valence-electron chi connectivity index (χ0n) is 15.9. The first-order chi connectivity index (χ1) is 13.7. The molecule has 3 atom stereocenters. The highest BCUT2D eigenvalue weighted by Crippen LogP contribution is 2.48. The summed E-state index contributed by atoms with van der Waals surface area (Å²) in [6.45, 7) is 0. The van der Waals surface area contributed by atoms with Crippen LogP contribution in [0, 0.1) is 23.6 Å². The first-order valence-corrected chi connectivity index (χ1v) is 11.5. The van der Waals surface area contributed by atoms with Crippen LogP contribution in [0.25, 0.3) is 11.3 Å². The first kappa shape index (κ1) is 20.3. The van der Waals surface area contributed by atoms with Gasteiger partial charge >= 0.3 is 0 Å². The summed E-state index contributed by atoms with van der Waals surface area (Å²) in [7, 11) is -1.95. The molecule has 4 rings (SSSR count). The molecule has 156 valence electrons. The molecule has 10 heteroatoms. The maximum absolute atomic E-state index is 14.4. The molecule has 2 aromatic rings. The van der Waals surface area contributed by atoms with Crippen LogP contribution < -0.4 is 10.3 Å². The number of nitrogens with zero attached hydrogens (tertiary/aromatic N) is 2. The molecule has 1 aromatic heterocycles. The van der Waals surface area contributed by atoms with Gasteiger partial charge in [0.05, 0.1) is 28.4 Å². The number of aryl methyl sites for hydroxylation is 1. The van der Waals surface area contributed by atoms with Gasteiger partial charge in [-0.15, -0.1) is 4.83 Å². The minimum absolute atomic E-state index is 0.0361. The highest BCUT2D eigenvalue weighted by Gasteiger charge is 2.41. The maximum atomic E-state index is 14.4. The Balaban J connectivity index is 1.46. The molecule has 2 N–H and O–H groups in total. The second kappa shape index (κ2) is 7.70. The Bertz CT molecular complexity index is 1060. The van der Waals surface area contributed by atoms with Gasteiger partial charge in [-0.25, -0.2) is 17.8 Å². The third-order valence-electron chi connectivity index (χ3n) is 5.91. The number of amides is 1. The number of rotatable bonds is 6. The topological polar surface area (TPSA) is 93.1 Å². The second-order valence-electron chi connectivity index (χ2n) is 8.02. The van der Waals surface area contributed by atoms with Gasteiger partial charge in [0.25, 0.3) is 5.91 Å². The fourth-order valence-electron chi connectivity index (χ4n) is 4.56. The van der Waals surface area contributed by atoms with Crippen LogP contribution in [0.3, 0.4) is 0 Å². The number of carbonyl (C=O) groups is 1. The molecule has 2 saturated carbocycles. The number of imidazole rings is 1. The van der Waals surface area contributed by atoms with E-state index in [1.54, 1.807) is 24.1 Å². The van der Waals surface area contributed by atoms with Gasteiger partial charge in [0, 0.05) is 18.8 Å². The fraction of sp³-hybridized carbons (Fsp3) is 0.474. The standard InChI is InChI=1S/C19H22ClFN4O3S/c1-25-8-17(22-10-25)13-6-15(18(21)16(20)7-13)19(26)23-24-29(27,28)9-14-5-11-2-3-12(14)4-11/h6-8,10-12,14,24H,2-5,9H2,1H3,(H,23,26). The number of fused-ring (bicyclic) bond motifs is 2. The lowest BCUT2D eigenvalue weighted by Crippen LogP contribution is -2.44. The van der Waals surface area contributed by atoms with Crippen molar-refractivity contribution in [2.75, 3.05) is 5.75 Å². The Kier molecular flexibility index (Phi) is 5.39. The number of hydrogen-bond donors (Lipinski definition) is 2. The fourth-order valence-corrected chi connectivity index (χ4v) is 6.08. The van der Waals surface area contributed by atoms with Gasteiger partial charge < -0.3 is 4.57 Å². The van der Waals surface area contributed by atoms with Gasteiger partial charge in [0.2, 0.25) is 10.0 Å². The van der Waals surface area contributed by atoms with Crippen molar-refractivity contribution in [3.05, 3.63) is 41.1 Å². The van der Waals surface area contributed by atoms with Gasteiger partial charge in [0.1, 0.15) is 0 Å². The summed E-state index contributed by atoms with van der Waals surface area (Å²) in [6, 6.07) is 2.67. The van der Waals surface area contributed by atoms with Crippen LogP contribution in [0.4, 0.5) is 4.39 Å². The lowest BCUT2D eigenvalue weighted by atomic mass is 9.90. The molecule has 0 radical (unpaired) electrons. The zero-order chi connectivity index (χ0) is 20.8. The highest BCUT2D eigenvalue weighted by atomic mass is 35.5. The number of hydrazine groups is 1. The minimum Gasteiger partial charge on any atom is -0.340 e. The summed E-state index contributed by atoms with van der Waals surface area (Å²) >= 11 is 5.93. The molecule has 29 heavy (non-hydrogen) atoms. The van der Waals surface area contributed by atoms with E-state index in [1.807, 2.05) is 0 Å². The molecule has 1 amide bonds. The number of hydrogen-bond acceptors (Lipinski definition) is 4. The predicted molar refractivity (Wildman–Crippen MR) is 107 cm³/mol. The van der Waals surface area contributed by atoms with E-state index >= 15 is 0 Å². The number of carbonyl (C=O) groups excluding carboxylic acids is 1. The Morgan fingerprint density at radius 1 is 1.34 bits per heavy atom. The molecule has 3 unspecified atom stereocenters. The number of sulfonamides is 1. The van der Waals surface area contributed by atoms with Crippen molar-refractivity contribution in [2.45, 2.75) is 25.7 Å². The molecule has 0 spiro atoms. The van der Waals surface area contributed by atoms with Crippen LogP contribution in [0.2, 0.25) is 5.02 Å². The van der Waals surface area contributed by atoms with Gasteiger partial charge in [-0.05, 0) is 49.1 Å². The van der Waals surface area contributed by atoms with Crippen molar-refractivity contribution in [1.29, 1.82) is 0 Å². The van der Waals surface area contributed by atoms with Crippen molar-refractivity contribution in [1.82, 2.24) is 19.8 Å². The molecule has 2 aliphatic carbocycles. The molecular formula is C19H22ClFN4O3S. The molecule has 2 bridgehead atoms. The molecule has 1 aromatic carbocycles. The third-order valence-corrected chi connectivity index (χ3v) is 7.47. The summed E-state index contributed by atoms with van der Waals surface area (Å²) in [6.07, 6.45) is 7.52. The predicted octanol–water partition coefficient (Wildman–Crippen LogP) is 2.88. The van der Waals surface area contributed by atoms with E-state index in [2.05, 4.69) is 15.2 Å². The van der Waals surface area contributed by atoms with E-state index in [0.717, 1.165) is 19.3 Å². The molecule has 0 saturated heterocycles. The van der Waals surface area contributed by atoms with Gasteiger partial charge in [-0.3, -0.25) is 10.2 Å². The molecule has 7 nitrogen and oxygen atoms in total. The van der Waals surface area contributed by atoms with Crippen molar-refractivity contribution in [3.8, 4) is 11.3 Å². The van der Waals surface area contributed by atoms with Crippen LogP contribution in [-0.2, 0) is 17.1 Å². The Morgan fingerprint density at radius 2 is 2.14 bits per heavy atom. The van der Waals surface area contributed by atoms with Gasteiger partial charge in [-0.1, -0.05) is 18.0 Å². The lowest BCUT2D eigenvalue weighted by molar-refractivity contribution is 0.0941. The van der Waals surface area contributed by atoms with E-state index in [1.165, 1.54) is 18.6 Å². The van der Waals surface area contributed by atoms with Crippen molar-refractivity contribution < 1.29 is 17.6 Å². The highest BCUT2D eigenvalue weighted by molar-refractivity contribution is 7.89. The van der Waals surface area contributed by atoms with E-state index in [0.29, 0.717) is 23.1 Å². The lowest BCUT2D eigenvalue weighted by Gasteiger charge is -2.21. The van der Waals surface area contributed by atoms with Crippen molar-refractivity contribution >= 4 is 27.5 Å². The average molecular weight is 441 g/mol. The molecular weight excluding hydrogens is 419 g/mol. The number of halogens is 2. The van der Waals surface area contributed by atoms with Crippen molar-refractivity contribution in [2.24, 2.45) is 24.8 Å². The Labute approximate surface area is 173 Å². The van der Waals surface area contributed by atoms with E-state index in [4.69, 9.17) is 11.6 Å². The monoisotopic (exact) mass is 440 g/mol. The number of aromatic nitrogens is 2. The third kappa shape index (κ3) is 4.31.